The number of aliphatic carboxylic acids is 1. The lowest BCUT2D eigenvalue weighted by Gasteiger charge is -2.31. The highest BCUT2D eigenvalue weighted by Gasteiger charge is 2.31. The molecule has 1 aliphatic rings. The molecule has 1 heterocycles. The Labute approximate surface area is 163 Å². The minimum atomic E-state index is -0.913. The smallest absolute Gasteiger partial charge is 0.305 e. The van der Waals surface area contributed by atoms with Gasteiger partial charge in [0, 0.05) is 0 Å². The Morgan fingerprint density at radius 2 is 1.81 bits per heavy atom. The summed E-state index contributed by atoms with van der Waals surface area (Å²) in [6, 6.07) is 7.89. The van der Waals surface area contributed by atoms with Crippen molar-refractivity contribution in [3.05, 3.63) is 29.8 Å². The Morgan fingerprint density at radius 1 is 1.19 bits per heavy atom. The lowest BCUT2D eigenvalue weighted by atomic mass is 9.89. The maximum absolute atomic E-state index is 12.2. The summed E-state index contributed by atoms with van der Waals surface area (Å²) in [6.45, 7) is 3.65. The zero-order valence-corrected chi connectivity index (χ0v) is 17.0. The summed E-state index contributed by atoms with van der Waals surface area (Å²) in [5.41, 5.74) is 0.555. The highest BCUT2D eigenvalue weighted by molar-refractivity contribution is 8.16. The molecule has 0 spiro atoms. The van der Waals surface area contributed by atoms with Gasteiger partial charge in [-0.3, -0.25) is 9.59 Å². The van der Waals surface area contributed by atoms with Crippen LogP contribution in [0.3, 0.4) is 0 Å². The molecule has 1 amide bonds. The molecule has 0 radical (unpaired) electrons. The zero-order valence-electron chi connectivity index (χ0n) is 15.3. The van der Waals surface area contributed by atoms with Gasteiger partial charge in [0.2, 0.25) is 0 Å². The maximum Gasteiger partial charge on any atom is 0.305 e. The summed E-state index contributed by atoms with van der Waals surface area (Å²) in [7, 11) is 0. The number of hydrogen-bond donors (Lipinski definition) is 2. The fourth-order valence-corrected chi connectivity index (χ4v) is 5.79. The molecule has 0 aliphatic carbocycles. The number of rotatable bonds is 9. The van der Waals surface area contributed by atoms with Crippen molar-refractivity contribution in [2.45, 2.75) is 49.7 Å². The third-order valence-corrected chi connectivity index (χ3v) is 7.61. The summed E-state index contributed by atoms with van der Waals surface area (Å²) >= 11 is 3.93. The van der Waals surface area contributed by atoms with Crippen molar-refractivity contribution in [3.8, 4) is 5.75 Å². The van der Waals surface area contributed by atoms with E-state index < -0.39 is 11.5 Å². The molecule has 144 valence electrons. The minimum absolute atomic E-state index is 0.0862. The van der Waals surface area contributed by atoms with E-state index in [0.29, 0.717) is 23.2 Å². The van der Waals surface area contributed by atoms with Crippen LogP contribution in [0.1, 0.15) is 49.7 Å². The molecular weight excluding hydrogens is 370 g/mol. The van der Waals surface area contributed by atoms with E-state index >= 15 is 0 Å². The molecule has 2 N–H and O–H groups in total. The lowest BCUT2D eigenvalue weighted by Crippen LogP contribution is -2.50. The first-order valence-electron chi connectivity index (χ1n) is 8.97. The number of carboxylic acid groups (broad SMARTS) is 1. The molecule has 1 saturated heterocycles. The van der Waals surface area contributed by atoms with E-state index in [9.17, 15) is 9.59 Å². The monoisotopic (exact) mass is 397 g/mol. The van der Waals surface area contributed by atoms with Gasteiger partial charge in [-0.05, 0) is 48.5 Å². The van der Waals surface area contributed by atoms with Crippen molar-refractivity contribution in [2.75, 3.05) is 18.1 Å². The molecule has 7 heteroatoms. The van der Waals surface area contributed by atoms with E-state index in [0.717, 1.165) is 0 Å². The van der Waals surface area contributed by atoms with Gasteiger partial charge in [-0.2, -0.15) is 0 Å². The van der Waals surface area contributed by atoms with E-state index in [1.807, 2.05) is 49.5 Å². The largest absolute Gasteiger partial charge is 0.484 e. The molecule has 0 bridgehead atoms. The Bertz CT molecular complexity index is 596. The summed E-state index contributed by atoms with van der Waals surface area (Å²) in [5, 5.41) is 11.9. The lowest BCUT2D eigenvalue weighted by molar-refractivity contribution is -0.139. The number of benzene rings is 1. The van der Waals surface area contributed by atoms with Gasteiger partial charge in [0.15, 0.2) is 6.61 Å². The third kappa shape index (κ3) is 6.13. The van der Waals surface area contributed by atoms with Crippen LogP contribution in [0.5, 0.6) is 5.75 Å². The van der Waals surface area contributed by atoms with Crippen molar-refractivity contribution >= 4 is 35.4 Å². The minimum Gasteiger partial charge on any atom is -0.484 e. The van der Waals surface area contributed by atoms with Crippen molar-refractivity contribution in [2.24, 2.45) is 0 Å². The normalized spacial score (nSPS) is 15.5. The summed E-state index contributed by atoms with van der Waals surface area (Å²) in [5.74, 6) is 1.83. The fraction of sp³-hybridized carbons (Fsp3) is 0.579. The van der Waals surface area contributed by atoms with Crippen LogP contribution < -0.4 is 10.1 Å². The predicted octanol–water partition coefficient (Wildman–Crippen LogP) is 4.08. The molecule has 1 aromatic rings. The van der Waals surface area contributed by atoms with Crippen LogP contribution in [0.15, 0.2) is 24.3 Å². The second-order valence-electron chi connectivity index (χ2n) is 6.39. The third-order valence-electron chi connectivity index (χ3n) is 4.60. The first kappa shape index (κ1) is 21.0. The van der Waals surface area contributed by atoms with Gasteiger partial charge in [-0.25, -0.2) is 0 Å². The van der Waals surface area contributed by atoms with Crippen molar-refractivity contribution in [1.82, 2.24) is 5.32 Å². The molecule has 0 aromatic heterocycles. The van der Waals surface area contributed by atoms with Crippen molar-refractivity contribution < 1.29 is 19.4 Å². The van der Waals surface area contributed by atoms with Crippen LogP contribution in [0, 0.1) is 0 Å². The quantitative estimate of drug-likeness (QED) is 0.654. The van der Waals surface area contributed by atoms with E-state index in [1.165, 1.54) is 23.5 Å². The van der Waals surface area contributed by atoms with E-state index in [1.54, 1.807) is 0 Å². The van der Waals surface area contributed by atoms with E-state index in [4.69, 9.17) is 9.84 Å². The number of amides is 1. The number of hydrogen-bond acceptors (Lipinski definition) is 5. The molecule has 1 aromatic carbocycles. The molecule has 0 saturated carbocycles. The second-order valence-corrected chi connectivity index (χ2v) is 9.12. The molecular formula is C19H27NO4S2. The van der Waals surface area contributed by atoms with Crippen LogP contribution in [0.2, 0.25) is 0 Å². The van der Waals surface area contributed by atoms with Crippen LogP contribution >= 0.6 is 23.5 Å². The van der Waals surface area contributed by atoms with Gasteiger partial charge in [-0.15, -0.1) is 23.5 Å². The Morgan fingerprint density at radius 3 is 2.35 bits per heavy atom. The van der Waals surface area contributed by atoms with Gasteiger partial charge in [0.25, 0.3) is 5.91 Å². The number of carbonyl (C=O) groups is 2. The summed E-state index contributed by atoms with van der Waals surface area (Å²) < 4.78 is 6.06. The summed E-state index contributed by atoms with van der Waals surface area (Å²) in [4.78, 5) is 23.3. The van der Waals surface area contributed by atoms with E-state index in [-0.39, 0.29) is 18.9 Å². The Hall–Kier alpha value is -1.34. The number of carbonyl (C=O) groups excluding carboxylic acids is 1. The first-order chi connectivity index (χ1) is 12.5. The molecule has 1 aliphatic heterocycles. The Kier molecular flexibility index (Phi) is 8.15. The average molecular weight is 398 g/mol. The first-order valence-corrected chi connectivity index (χ1v) is 11.1. The maximum atomic E-state index is 12.2. The van der Waals surface area contributed by atoms with Crippen LogP contribution in [-0.4, -0.2) is 40.6 Å². The average Bonchev–Trinajstić information content (AvgIpc) is 2.66. The van der Waals surface area contributed by atoms with Gasteiger partial charge in [0.1, 0.15) is 5.75 Å². The number of thioether (sulfide) groups is 2. The van der Waals surface area contributed by atoms with E-state index in [2.05, 4.69) is 17.4 Å². The van der Waals surface area contributed by atoms with Gasteiger partial charge < -0.3 is 15.2 Å². The van der Waals surface area contributed by atoms with Crippen LogP contribution in [0.4, 0.5) is 0 Å². The van der Waals surface area contributed by atoms with Crippen LogP contribution in [-0.2, 0) is 9.59 Å². The predicted molar refractivity (Wildman–Crippen MR) is 108 cm³/mol. The van der Waals surface area contributed by atoms with Crippen molar-refractivity contribution in [1.29, 1.82) is 0 Å². The van der Waals surface area contributed by atoms with Crippen molar-refractivity contribution in [3.63, 3.8) is 0 Å². The molecule has 2 rings (SSSR count). The molecule has 0 unspecified atom stereocenters. The molecule has 1 fully saturated rings. The molecule has 26 heavy (non-hydrogen) atoms. The van der Waals surface area contributed by atoms with Crippen LogP contribution in [0.25, 0.3) is 0 Å². The van der Waals surface area contributed by atoms with Gasteiger partial charge >= 0.3 is 5.97 Å². The number of carboxylic acids is 1. The molecule has 0 atom stereocenters. The highest BCUT2D eigenvalue weighted by Crippen LogP contribution is 2.43. The zero-order chi connectivity index (χ0) is 19.0. The van der Waals surface area contributed by atoms with Gasteiger partial charge in [-0.1, -0.05) is 26.0 Å². The SMILES string of the molecule is CCC(CC)(CC(=O)O)NC(=O)COc1ccc(C2SCCCS2)cc1. The fourth-order valence-electron chi connectivity index (χ4n) is 2.89. The summed E-state index contributed by atoms with van der Waals surface area (Å²) in [6.07, 6.45) is 2.30. The molecule has 5 nitrogen and oxygen atoms in total. The van der Waals surface area contributed by atoms with Gasteiger partial charge in [0.05, 0.1) is 16.5 Å². The number of nitrogens with one attached hydrogen (secondary N) is 1. The Balaban J connectivity index is 1.87. The second kappa shape index (κ2) is 10.1. The standard InChI is InChI=1S/C19H27NO4S2/c1-3-19(4-2,12-17(22)23)20-16(21)13-24-15-8-6-14(7-9-15)18-25-10-5-11-26-18/h6-9,18H,3-5,10-13H2,1-2H3,(H,20,21)(H,22,23). The number of ether oxygens (including phenoxy) is 1. The topological polar surface area (TPSA) is 75.6 Å². The highest BCUT2D eigenvalue weighted by atomic mass is 32.2.